The van der Waals surface area contributed by atoms with Crippen LogP contribution in [0.2, 0.25) is 10.0 Å². The fourth-order valence-electron chi connectivity index (χ4n) is 3.84. The Morgan fingerprint density at radius 1 is 1.19 bits per heavy atom. The summed E-state index contributed by atoms with van der Waals surface area (Å²) >= 11 is 12.7. The number of hydrogen-bond acceptors (Lipinski definition) is 7. The first-order valence-electron chi connectivity index (χ1n) is 9.32. The first-order chi connectivity index (χ1) is 14.9. The molecular weight excluding hydrogens is 447 g/mol. The van der Waals surface area contributed by atoms with Gasteiger partial charge in [0.15, 0.2) is 5.75 Å². The second kappa shape index (κ2) is 7.14. The first kappa shape index (κ1) is 19.7. The number of aromatic amines is 1. The van der Waals surface area contributed by atoms with Gasteiger partial charge in [0, 0.05) is 24.3 Å². The quantitative estimate of drug-likeness (QED) is 0.540. The third kappa shape index (κ3) is 3.26. The van der Waals surface area contributed by atoms with Gasteiger partial charge in [0.25, 0.3) is 5.91 Å². The molecule has 31 heavy (non-hydrogen) atoms. The van der Waals surface area contributed by atoms with Gasteiger partial charge >= 0.3 is 5.76 Å². The van der Waals surface area contributed by atoms with Crippen LogP contribution in [0.25, 0.3) is 0 Å². The predicted octanol–water partition coefficient (Wildman–Crippen LogP) is 3.74. The summed E-state index contributed by atoms with van der Waals surface area (Å²) in [5.74, 6) is -0.921. The van der Waals surface area contributed by atoms with Gasteiger partial charge < -0.3 is 15.4 Å². The Kier molecular flexibility index (Phi) is 4.53. The summed E-state index contributed by atoms with van der Waals surface area (Å²) in [6.45, 7) is 0.595. The third-order valence-electron chi connectivity index (χ3n) is 5.53. The van der Waals surface area contributed by atoms with Gasteiger partial charge in [0.1, 0.15) is 11.5 Å². The van der Waals surface area contributed by atoms with Gasteiger partial charge in [-0.05, 0) is 47.5 Å². The van der Waals surface area contributed by atoms with Crippen LogP contribution in [0, 0.1) is 0 Å². The number of anilines is 2. The number of carbonyl (C=O) groups excluding carboxylic acids is 2. The molecule has 2 heterocycles. The zero-order chi connectivity index (χ0) is 21.8. The van der Waals surface area contributed by atoms with Crippen LogP contribution in [-0.4, -0.2) is 28.4 Å². The lowest BCUT2D eigenvalue weighted by atomic mass is 9.64. The predicted molar refractivity (Wildman–Crippen MR) is 112 cm³/mol. The number of nitrogens with one attached hydrogen (secondary N) is 3. The summed E-state index contributed by atoms with van der Waals surface area (Å²) in [7, 11) is 0. The molecule has 1 spiro atoms. The summed E-state index contributed by atoms with van der Waals surface area (Å²) in [5, 5.41) is 9.41. The number of benzene rings is 2. The van der Waals surface area contributed by atoms with Gasteiger partial charge in [-0.3, -0.25) is 19.1 Å². The van der Waals surface area contributed by atoms with Crippen molar-refractivity contribution in [1.82, 2.24) is 10.1 Å². The Hall–Kier alpha value is -3.30. The van der Waals surface area contributed by atoms with Crippen LogP contribution < -0.4 is 21.1 Å². The van der Waals surface area contributed by atoms with Crippen molar-refractivity contribution in [1.29, 1.82) is 0 Å². The van der Waals surface area contributed by atoms with Crippen LogP contribution in [0.3, 0.4) is 0 Å². The highest BCUT2D eigenvalue weighted by molar-refractivity contribution is 6.37. The Morgan fingerprint density at radius 3 is 2.58 bits per heavy atom. The molecule has 1 fully saturated rings. The molecule has 2 aromatic carbocycles. The lowest BCUT2D eigenvalue weighted by molar-refractivity contribution is -0.130. The Bertz CT molecular complexity index is 1280. The Morgan fingerprint density at radius 2 is 1.97 bits per heavy atom. The molecule has 5 rings (SSSR count). The lowest BCUT2D eigenvalue weighted by Gasteiger charge is -2.36. The molecule has 1 unspecified atom stereocenters. The van der Waals surface area contributed by atoms with Crippen molar-refractivity contribution < 1.29 is 18.8 Å². The second-order valence-corrected chi connectivity index (χ2v) is 8.15. The monoisotopic (exact) mass is 460 g/mol. The van der Waals surface area contributed by atoms with E-state index in [-0.39, 0.29) is 33.1 Å². The number of rotatable bonds is 4. The highest BCUT2D eigenvalue weighted by Crippen LogP contribution is 2.49. The largest absolute Gasteiger partial charge is 0.454 e. The van der Waals surface area contributed by atoms with Crippen molar-refractivity contribution in [3.63, 3.8) is 0 Å². The highest BCUT2D eigenvalue weighted by atomic mass is 35.5. The fraction of sp³-hybridized carbons (Fsp3) is 0.200. The molecule has 158 valence electrons. The second-order valence-electron chi connectivity index (χ2n) is 7.34. The molecule has 3 N–H and O–H groups in total. The zero-order valence-electron chi connectivity index (χ0n) is 15.8. The number of fused-ring (bicyclic) bond motifs is 2. The van der Waals surface area contributed by atoms with Crippen LogP contribution >= 0.6 is 23.2 Å². The van der Waals surface area contributed by atoms with Crippen LogP contribution in [0.4, 0.5) is 11.4 Å². The number of halogens is 2. The molecule has 11 heteroatoms. The minimum atomic E-state index is -0.847. The summed E-state index contributed by atoms with van der Waals surface area (Å²) in [5.41, 5.74) is 1.63. The molecule has 1 aliphatic heterocycles. The molecule has 1 aromatic heterocycles. The Balaban J connectivity index is 1.39. The van der Waals surface area contributed by atoms with Crippen LogP contribution in [0.5, 0.6) is 11.5 Å². The molecule has 1 saturated carbocycles. The van der Waals surface area contributed by atoms with Gasteiger partial charge in [-0.1, -0.05) is 23.2 Å². The molecule has 3 aromatic rings. The summed E-state index contributed by atoms with van der Waals surface area (Å²) in [6, 6.07) is 8.35. The molecular formula is C20H14Cl2N4O5. The van der Waals surface area contributed by atoms with E-state index in [0.29, 0.717) is 18.7 Å². The SMILES string of the molecule is O=C(Nc1cc(Cl)c(Oc2ccc3c(c2)C2(CCC2=O)CN3)c(Cl)c1)c1noc(=O)[nH]1. The van der Waals surface area contributed by atoms with Crippen LogP contribution in [0.15, 0.2) is 39.6 Å². The lowest BCUT2D eigenvalue weighted by Crippen LogP contribution is -2.46. The smallest absolute Gasteiger partial charge is 0.439 e. The molecule has 0 radical (unpaired) electrons. The van der Waals surface area contributed by atoms with E-state index >= 15 is 0 Å². The van der Waals surface area contributed by atoms with Crippen molar-refractivity contribution in [2.24, 2.45) is 0 Å². The van der Waals surface area contributed by atoms with Crippen molar-refractivity contribution in [3.05, 3.63) is 62.3 Å². The number of aromatic nitrogens is 2. The molecule has 0 bridgehead atoms. The first-order valence-corrected chi connectivity index (χ1v) is 10.1. The third-order valence-corrected chi connectivity index (χ3v) is 6.09. The summed E-state index contributed by atoms with van der Waals surface area (Å²) in [6.07, 6.45) is 1.39. The fourth-order valence-corrected chi connectivity index (χ4v) is 4.41. The maximum atomic E-state index is 12.2. The van der Waals surface area contributed by atoms with Crippen molar-refractivity contribution >= 4 is 46.3 Å². The topological polar surface area (TPSA) is 126 Å². The summed E-state index contributed by atoms with van der Waals surface area (Å²) < 4.78 is 10.2. The number of amides is 1. The van der Waals surface area contributed by atoms with Gasteiger partial charge in [-0.25, -0.2) is 4.79 Å². The number of H-pyrrole nitrogens is 1. The normalized spacial score (nSPS) is 19.0. The van der Waals surface area contributed by atoms with Gasteiger partial charge in [-0.2, -0.15) is 0 Å². The molecule has 1 atom stereocenters. The maximum Gasteiger partial charge on any atom is 0.439 e. The molecule has 0 saturated heterocycles. The molecule has 2 aliphatic rings. The van der Waals surface area contributed by atoms with E-state index in [1.54, 1.807) is 6.07 Å². The summed E-state index contributed by atoms with van der Waals surface area (Å²) in [4.78, 5) is 37.5. The van der Waals surface area contributed by atoms with Gasteiger partial charge in [0.05, 0.1) is 15.5 Å². The van der Waals surface area contributed by atoms with Gasteiger partial charge in [0.2, 0.25) is 5.82 Å². The highest BCUT2D eigenvalue weighted by Gasteiger charge is 2.51. The number of hydrogen-bond donors (Lipinski definition) is 3. The van der Waals surface area contributed by atoms with Crippen LogP contribution in [0.1, 0.15) is 29.0 Å². The zero-order valence-corrected chi connectivity index (χ0v) is 17.3. The minimum Gasteiger partial charge on any atom is -0.454 e. The number of ether oxygens (including phenoxy) is 1. The van der Waals surface area contributed by atoms with Gasteiger partial charge in [-0.15, -0.1) is 0 Å². The van der Waals surface area contributed by atoms with Crippen molar-refractivity contribution in [2.45, 2.75) is 18.3 Å². The molecule has 9 nitrogen and oxygen atoms in total. The van der Waals surface area contributed by atoms with Crippen molar-refractivity contribution in [2.75, 3.05) is 17.2 Å². The average molecular weight is 461 g/mol. The minimum absolute atomic E-state index is 0.157. The van der Waals surface area contributed by atoms with E-state index in [0.717, 1.165) is 17.7 Å². The number of nitrogens with zero attached hydrogens (tertiary/aromatic N) is 1. The van der Waals surface area contributed by atoms with Crippen LogP contribution in [-0.2, 0) is 10.2 Å². The van der Waals surface area contributed by atoms with Crippen molar-refractivity contribution in [3.8, 4) is 11.5 Å². The Labute approximate surface area is 184 Å². The average Bonchev–Trinajstić information content (AvgIpc) is 3.34. The maximum absolute atomic E-state index is 12.2. The molecule has 1 amide bonds. The van der Waals surface area contributed by atoms with E-state index in [9.17, 15) is 14.4 Å². The van der Waals surface area contributed by atoms with E-state index in [4.69, 9.17) is 27.9 Å². The number of Topliss-reactive ketones (excluding diaryl/α,β-unsaturated/α-hetero) is 1. The van der Waals surface area contributed by atoms with E-state index in [1.165, 1.54) is 12.1 Å². The standard InChI is InChI=1S/C20H14Cl2N4O5/c21-12-5-9(24-18(28)17-25-19(29)31-26-17)6-13(22)16(12)30-10-1-2-14-11(7-10)20(8-23-14)4-3-15(20)27/h1-2,5-7,23H,3-4,8H2,(H,24,28)(H,25,26,29). The number of ketones is 1. The van der Waals surface area contributed by atoms with E-state index in [1.807, 2.05) is 12.1 Å². The molecule has 1 aliphatic carbocycles. The van der Waals surface area contributed by atoms with E-state index < -0.39 is 17.1 Å². The number of carbonyl (C=O) groups is 2. The van der Waals surface area contributed by atoms with E-state index in [2.05, 4.69) is 25.3 Å².